The Bertz CT molecular complexity index is 668. The van der Waals surface area contributed by atoms with Crippen LogP contribution in [0.5, 0.6) is 5.75 Å². The van der Waals surface area contributed by atoms with Crippen LogP contribution in [0.3, 0.4) is 0 Å². The van der Waals surface area contributed by atoms with Crippen LogP contribution in [-0.2, 0) is 0 Å². The van der Waals surface area contributed by atoms with Crippen LogP contribution in [0.4, 0.5) is 21.6 Å². The van der Waals surface area contributed by atoms with Crippen LogP contribution in [0.25, 0.3) is 0 Å². The molecule has 0 saturated heterocycles. The summed E-state index contributed by atoms with van der Waals surface area (Å²) in [5, 5.41) is 13.7. The van der Waals surface area contributed by atoms with Gasteiger partial charge in [-0.2, -0.15) is 4.39 Å². The summed E-state index contributed by atoms with van der Waals surface area (Å²) in [6.07, 6.45) is 1.22. The van der Waals surface area contributed by atoms with Crippen LogP contribution in [-0.4, -0.2) is 22.0 Å². The Labute approximate surface area is 117 Å². The van der Waals surface area contributed by atoms with Gasteiger partial charge in [-0.1, -0.05) is 11.6 Å². The molecule has 0 aliphatic rings. The standard InChI is InChI=1S/C11H8ClFN4O3/c1-20-9-2-6(13)8(17(18)19)3-7(9)16-11-4-10(12)14-5-15-11/h2-5H,1H3,(H,14,15,16). The van der Waals surface area contributed by atoms with E-state index >= 15 is 0 Å². The highest BCUT2D eigenvalue weighted by atomic mass is 35.5. The van der Waals surface area contributed by atoms with E-state index in [4.69, 9.17) is 16.3 Å². The Morgan fingerprint density at radius 2 is 2.15 bits per heavy atom. The molecule has 0 saturated carbocycles. The van der Waals surface area contributed by atoms with E-state index in [9.17, 15) is 14.5 Å². The maximum atomic E-state index is 13.5. The van der Waals surface area contributed by atoms with Gasteiger partial charge < -0.3 is 10.1 Å². The molecule has 0 unspecified atom stereocenters. The molecular weight excluding hydrogens is 291 g/mol. The van der Waals surface area contributed by atoms with Gasteiger partial charge in [0.2, 0.25) is 5.82 Å². The molecule has 0 amide bonds. The number of hydrogen-bond donors (Lipinski definition) is 1. The molecule has 0 fully saturated rings. The Hall–Kier alpha value is -2.48. The Balaban J connectivity index is 2.44. The van der Waals surface area contributed by atoms with Crippen molar-refractivity contribution in [1.29, 1.82) is 0 Å². The van der Waals surface area contributed by atoms with Gasteiger partial charge in [0.25, 0.3) is 0 Å². The molecular formula is C11H8ClFN4O3. The van der Waals surface area contributed by atoms with E-state index in [-0.39, 0.29) is 16.6 Å². The quantitative estimate of drug-likeness (QED) is 0.530. The summed E-state index contributed by atoms with van der Waals surface area (Å²) < 4.78 is 18.4. The molecule has 104 valence electrons. The molecule has 0 spiro atoms. The number of nitro groups is 1. The molecule has 2 rings (SSSR count). The predicted molar refractivity (Wildman–Crippen MR) is 69.9 cm³/mol. The van der Waals surface area contributed by atoms with Gasteiger partial charge in [0.15, 0.2) is 0 Å². The summed E-state index contributed by atoms with van der Waals surface area (Å²) >= 11 is 5.70. The van der Waals surface area contributed by atoms with Crippen LogP contribution < -0.4 is 10.1 Å². The van der Waals surface area contributed by atoms with Crippen molar-refractivity contribution in [3.8, 4) is 5.75 Å². The lowest BCUT2D eigenvalue weighted by atomic mass is 10.2. The summed E-state index contributed by atoms with van der Waals surface area (Å²) in [6.45, 7) is 0. The van der Waals surface area contributed by atoms with Gasteiger partial charge in [-0.05, 0) is 0 Å². The topological polar surface area (TPSA) is 90.2 Å². The molecule has 0 aliphatic carbocycles. The molecule has 9 heteroatoms. The molecule has 7 nitrogen and oxygen atoms in total. The fourth-order valence-corrected chi connectivity index (χ4v) is 1.64. The summed E-state index contributed by atoms with van der Waals surface area (Å²) in [5.74, 6) is -0.592. The molecule has 20 heavy (non-hydrogen) atoms. The van der Waals surface area contributed by atoms with Crippen molar-refractivity contribution < 1.29 is 14.1 Å². The molecule has 2 aromatic rings. The Kier molecular flexibility index (Phi) is 3.94. The van der Waals surface area contributed by atoms with Crippen LogP contribution >= 0.6 is 11.6 Å². The lowest BCUT2D eigenvalue weighted by Crippen LogP contribution is -2.00. The lowest BCUT2D eigenvalue weighted by Gasteiger charge is -2.10. The number of nitro benzene ring substituents is 1. The lowest BCUT2D eigenvalue weighted by molar-refractivity contribution is -0.387. The first kappa shape index (κ1) is 13.9. The number of anilines is 2. The summed E-state index contributed by atoms with van der Waals surface area (Å²) in [5.41, 5.74) is -0.483. The third kappa shape index (κ3) is 2.91. The molecule has 0 radical (unpaired) electrons. The zero-order valence-corrected chi connectivity index (χ0v) is 10.9. The summed E-state index contributed by atoms with van der Waals surface area (Å²) in [4.78, 5) is 17.5. The fourth-order valence-electron chi connectivity index (χ4n) is 1.49. The first-order valence-electron chi connectivity index (χ1n) is 5.27. The van der Waals surface area contributed by atoms with E-state index in [1.165, 1.54) is 19.5 Å². The second-order valence-corrected chi connectivity index (χ2v) is 4.00. The highest BCUT2D eigenvalue weighted by Crippen LogP contribution is 2.33. The van der Waals surface area contributed by atoms with Crippen LogP contribution in [0.2, 0.25) is 5.15 Å². The first-order valence-corrected chi connectivity index (χ1v) is 5.65. The van der Waals surface area contributed by atoms with Gasteiger partial charge in [-0.25, -0.2) is 9.97 Å². The van der Waals surface area contributed by atoms with Gasteiger partial charge in [-0.3, -0.25) is 10.1 Å². The largest absolute Gasteiger partial charge is 0.494 e. The maximum Gasteiger partial charge on any atom is 0.307 e. The van der Waals surface area contributed by atoms with Crippen molar-refractivity contribution in [3.05, 3.63) is 45.6 Å². The van der Waals surface area contributed by atoms with Crippen molar-refractivity contribution in [2.45, 2.75) is 0 Å². The zero-order valence-electron chi connectivity index (χ0n) is 10.1. The predicted octanol–water partition coefficient (Wildman–Crippen LogP) is 2.93. The third-order valence-corrected chi connectivity index (χ3v) is 2.57. The molecule has 0 atom stereocenters. The molecule has 1 aromatic heterocycles. The van der Waals surface area contributed by atoms with Gasteiger partial charge in [-0.15, -0.1) is 0 Å². The Morgan fingerprint density at radius 1 is 1.40 bits per heavy atom. The minimum Gasteiger partial charge on any atom is -0.494 e. The molecule has 0 bridgehead atoms. The average molecular weight is 299 g/mol. The number of aromatic nitrogens is 2. The number of methoxy groups -OCH3 is 1. The minimum absolute atomic E-state index is 0.0998. The monoisotopic (exact) mass is 298 g/mol. The molecule has 1 aromatic carbocycles. The number of ether oxygens (including phenoxy) is 1. The van der Waals surface area contributed by atoms with Crippen molar-refractivity contribution in [2.75, 3.05) is 12.4 Å². The van der Waals surface area contributed by atoms with Crippen LogP contribution in [0.15, 0.2) is 24.5 Å². The second-order valence-electron chi connectivity index (χ2n) is 3.61. The van der Waals surface area contributed by atoms with E-state index < -0.39 is 16.4 Å². The zero-order chi connectivity index (χ0) is 14.7. The number of nitrogens with zero attached hydrogens (tertiary/aromatic N) is 3. The summed E-state index contributed by atoms with van der Waals surface area (Å²) in [6, 6.07) is 3.35. The number of benzene rings is 1. The van der Waals surface area contributed by atoms with Gasteiger partial charge >= 0.3 is 5.69 Å². The van der Waals surface area contributed by atoms with E-state index in [1.807, 2.05) is 0 Å². The van der Waals surface area contributed by atoms with E-state index in [0.717, 1.165) is 12.1 Å². The van der Waals surface area contributed by atoms with Gasteiger partial charge in [0, 0.05) is 18.2 Å². The van der Waals surface area contributed by atoms with Crippen molar-refractivity contribution >= 4 is 28.8 Å². The molecule has 0 aliphatic heterocycles. The number of halogens is 2. The highest BCUT2D eigenvalue weighted by molar-refractivity contribution is 6.29. The van der Waals surface area contributed by atoms with Crippen molar-refractivity contribution in [2.24, 2.45) is 0 Å². The second kappa shape index (κ2) is 5.66. The first-order chi connectivity index (χ1) is 9.51. The Morgan fingerprint density at radius 3 is 2.75 bits per heavy atom. The van der Waals surface area contributed by atoms with Crippen molar-refractivity contribution in [3.63, 3.8) is 0 Å². The number of hydrogen-bond acceptors (Lipinski definition) is 6. The van der Waals surface area contributed by atoms with E-state index in [1.54, 1.807) is 0 Å². The average Bonchev–Trinajstić information content (AvgIpc) is 2.40. The smallest absolute Gasteiger partial charge is 0.307 e. The normalized spacial score (nSPS) is 10.2. The minimum atomic E-state index is -0.988. The van der Waals surface area contributed by atoms with E-state index in [0.29, 0.717) is 5.82 Å². The van der Waals surface area contributed by atoms with Gasteiger partial charge in [0.05, 0.1) is 17.7 Å². The van der Waals surface area contributed by atoms with Crippen LogP contribution in [0, 0.1) is 15.9 Å². The molecule has 1 N–H and O–H groups in total. The van der Waals surface area contributed by atoms with Crippen LogP contribution in [0.1, 0.15) is 0 Å². The maximum absolute atomic E-state index is 13.5. The third-order valence-electron chi connectivity index (χ3n) is 2.36. The SMILES string of the molecule is COc1cc(F)c([N+](=O)[O-])cc1Nc1cc(Cl)ncn1. The van der Waals surface area contributed by atoms with E-state index in [2.05, 4.69) is 15.3 Å². The highest BCUT2D eigenvalue weighted by Gasteiger charge is 2.19. The summed E-state index contributed by atoms with van der Waals surface area (Å²) in [7, 11) is 1.32. The number of rotatable bonds is 4. The molecule has 1 heterocycles. The van der Waals surface area contributed by atoms with Gasteiger partial charge in [0.1, 0.15) is 23.0 Å². The fraction of sp³-hybridized carbons (Fsp3) is 0.0909. The number of nitrogens with one attached hydrogen (secondary N) is 1. The van der Waals surface area contributed by atoms with Crippen molar-refractivity contribution in [1.82, 2.24) is 9.97 Å².